The Kier molecular flexibility index (Phi) is 3.83. The number of amides is 1. The second kappa shape index (κ2) is 6.09. The lowest BCUT2D eigenvalue weighted by molar-refractivity contribution is -0.207. The monoisotopic (exact) mass is 391 g/mol. The van der Waals surface area contributed by atoms with E-state index in [2.05, 4.69) is 24.3 Å². The minimum Gasteiger partial charge on any atom is -0.481 e. The van der Waals surface area contributed by atoms with Crippen molar-refractivity contribution >= 4 is 12.1 Å². The first-order valence-electron chi connectivity index (χ1n) is 10.2. The lowest BCUT2D eigenvalue weighted by atomic mass is 9.45. The van der Waals surface area contributed by atoms with Crippen molar-refractivity contribution in [2.75, 3.05) is 13.2 Å². The van der Waals surface area contributed by atoms with Crippen molar-refractivity contribution < 1.29 is 19.4 Å². The number of hydrogen-bond acceptors (Lipinski definition) is 3. The maximum absolute atomic E-state index is 12.9. The molecule has 150 valence electrons. The first-order chi connectivity index (χ1) is 13.9. The third-order valence-electron chi connectivity index (χ3n) is 7.73. The Balaban J connectivity index is 1.33. The van der Waals surface area contributed by atoms with E-state index in [0.717, 1.165) is 6.42 Å². The van der Waals surface area contributed by atoms with Crippen molar-refractivity contribution in [2.45, 2.75) is 38.1 Å². The fourth-order valence-corrected chi connectivity index (χ4v) is 5.76. The molecule has 5 nitrogen and oxygen atoms in total. The third-order valence-corrected chi connectivity index (χ3v) is 7.73. The molecule has 2 fully saturated rings. The Morgan fingerprint density at radius 2 is 1.66 bits per heavy atom. The van der Waals surface area contributed by atoms with Gasteiger partial charge < -0.3 is 14.7 Å². The molecule has 1 saturated heterocycles. The lowest BCUT2D eigenvalue weighted by Crippen LogP contribution is -2.78. The average Bonchev–Trinajstić information content (AvgIpc) is 2.98. The lowest BCUT2D eigenvalue weighted by Gasteiger charge is -2.69. The predicted molar refractivity (Wildman–Crippen MR) is 109 cm³/mol. The number of rotatable bonds is 3. The number of carboxylic acid groups (broad SMARTS) is 1. The molecule has 2 atom stereocenters. The first-order valence-corrected chi connectivity index (χ1v) is 10.2. The molecule has 1 N–H and O–H groups in total. The van der Waals surface area contributed by atoms with E-state index >= 15 is 0 Å². The van der Waals surface area contributed by atoms with Crippen LogP contribution in [0.25, 0.3) is 11.1 Å². The quantitative estimate of drug-likeness (QED) is 0.836. The standard InChI is InChI=1S/C24H25NO4/c1-23(2)20(21(26)27)13-24(23)11-12-25(24)22(28)29-14-19-17-9-5-3-7-15(17)16-8-4-6-10-18(16)19/h3-10,19-20H,11-14H2,1-2H3,(H,26,27). The number of carbonyl (C=O) groups excluding carboxylic acids is 1. The number of fused-ring (bicyclic) bond motifs is 3. The molecule has 0 radical (unpaired) electrons. The number of ether oxygens (including phenoxy) is 1. The van der Waals surface area contributed by atoms with E-state index < -0.39 is 17.3 Å². The van der Waals surface area contributed by atoms with Crippen LogP contribution in [0, 0.1) is 11.3 Å². The highest BCUT2D eigenvalue weighted by atomic mass is 16.6. The summed E-state index contributed by atoms with van der Waals surface area (Å²) in [6.07, 6.45) is 1.03. The van der Waals surface area contributed by atoms with Crippen LogP contribution in [0.15, 0.2) is 48.5 Å². The van der Waals surface area contributed by atoms with Crippen molar-refractivity contribution in [2.24, 2.45) is 11.3 Å². The van der Waals surface area contributed by atoms with E-state index in [1.807, 2.05) is 38.1 Å². The zero-order chi connectivity index (χ0) is 20.4. The Morgan fingerprint density at radius 3 is 2.14 bits per heavy atom. The SMILES string of the molecule is CC1(C)C(C(=O)O)CC12CCN2C(=O)OCC1c2ccccc2-c2ccccc21. The molecule has 3 aliphatic rings. The second-order valence-electron chi connectivity index (χ2n) is 9.05. The maximum Gasteiger partial charge on any atom is 0.410 e. The molecule has 2 aliphatic carbocycles. The van der Waals surface area contributed by atoms with Crippen molar-refractivity contribution in [3.8, 4) is 11.1 Å². The van der Waals surface area contributed by atoms with Crippen LogP contribution < -0.4 is 0 Å². The summed E-state index contributed by atoms with van der Waals surface area (Å²) < 4.78 is 5.80. The van der Waals surface area contributed by atoms with E-state index in [0.29, 0.717) is 19.6 Å². The summed E-state index contributed by atoms with van der Waals surface area (Å²) in [4.78, 5) is 26.2. The molecular weight excluding hydrogens is 366 g/mol. The number of benzene rings is 2. The molecule has 2 aromatic carbocycles. The van der Waals surface area contributed by atoms with Crippen molar-refractivity contribution in [3.05, 3.63) is 59.7 Å². The molecule has 0 aromatic heterocycles. The van der Waals surface area contributed by atoms with Crippen LogP contribution in [0.4, 0.5) is 4.79 Å². The van der Waals surface area contributed by atoms with Crippen LogP contribution in [0.2, 0.25) is 0 Å². The highest BCUT2D eigenvalue weighted by Crippen LogP contribution is 2.63. The molecule has 5 rings (SSSR count). The van der Waals surface area contributed by atoms with Gasteiger partial charge in [0, 0.05) is 17.9 Å². The molecule has 29 heavy (non-hydrogen) atoms. The largest absolute Gasteiger partial charge is 0.481 e. The number of likely N-dealkylation sites (tertiary alicyclic amines) is 1. The molecule has 1 aliphatic heterocycles. The first kappa shape index (κ1) is 18.2. The van der Waals surface area contributed by atoms with Gasteiger partial charge in [0.2, 0.25) is 0 Å². The van der Waals surface area contributed by atoms with Crippen LogP contribution in [0.5, 0.6) is 0 Å². The van der Waals surface area contributed by atoms with Gasteiger partial charge in [-0.05, 0) is 35.1 Å². The van der Waals surface area contributed by atoms with Crippen LogP contribution in [-0.2, 0) is 9.53 Å². The molecule has 2 unspecified atom stereocenters. The number of carboxylic acids is 1. The Labute approximate surface area is 170 Å². The zero-order valence-corrected chi connectivity index (χ0v) is 16.7. The topological polar surface area (TPSA) is 66.8 Å². The van der Waals surface area contributed by atoms with Gasteiger partial charge in [-0.25, -0.2) is 4.79 Å². The van der Waals surface area contributed by atoms with Crippen LogP contribution >= 0.6 is 0 Å². The van der Waals surface area contributed by atoms with E-state index in [1.165, 1.54) is 22.3 Å². The van der Waals surface area contributed by atoms with Crippen LogP contribution in [-0.4, -0.2) is 40.8 Å². The number of aliphatic carboxylic acids is 1. The van der Waals surface area contributed by atoms with Crippen molar-refractivity contribution in [1.29, 1.82) is 0 Å². The van der Waals surface area contributed by atoms with Gasteiger partial charge in [0.15, 0.2) is 0 Å². The summed E-state index contributed by atoms with van der Waals surface area (Å²) in [6.45, 7) is 4.84. The third kappa shape index (κ3) is 2.33. The highest BCUT2D eigenvalue weighted by Gasteiger charge is 2.70. The summed E-state index contributed by atoms with van der Waals surface area (Å²) in [6, 6.07) is 16.5. The fourth-order valence-electron chi connectivity index (χ4n) is 5.76. The molecule has 2 aromatic rings. The van der Waals surface area contributed by atoms with E-state index in [4.69, 9.17) is 4.74 Å². The van der Waals surface area contributed by atoms with Gasteiger partial charge in [-0.1, -0.05) is 62.4 Å². The summed E-state index contributed by atoms with van der Waals surface area (Å²) in [5.41, 5.74) is 3.97. The predicted octanol–water partition coefficient (Wildman–Crippen LogP) is 4.51. The highest BCUT2D eigenvalue weighted by molar-refractivity contribution is 5.79. The molecule has 1 heterocycles. The molecule has 5 heteroatoms. The zero-order valence-electron chi connectivity index (χ0n) is 16.7. The molecule has 1 saturated carbocycles. The van der Waals surface area contributed by atoms with Gasteiger partial charge >= 0.3 is 12.1 Å². The summed E-state index contributed by atoms with van der Waals surface area (Å²) in [5, 5.41) is 9.44. The molecule has 1 spiro atoms. The van der Waals surface area contributed by atoms with E-state index in [1.54, 1.807) is 4.90 Å². The van der Waals surface area contributed by atoms with Gasteiger partial charge in [-0.15, -0.1) is 0 Å². The molecular formula is C24H25NO4. The minimum absolute atomic E-state index is 0.0322. The maximum atomic E-state index is 12.9. The second-order valence-corrected chi connectivity index (χ2v) is 9.05. The van der Waals surface area contributed by atoms with Crippen LogP contribution in [0.3, 0.4) is 0 Å². The van der Waals surface area contributed by atoms with Gasteiger partial charge in [-0.3, -0.25) is 4.79 Å². The van der Waals surface area contributed by atoms with Gasteiger partial charge in [0.05, 0.1) is 11.5 Å². The van der Waals surface area contributed by atoms with Gasteiger partial charge in [0.25, 0.3) is 0 Å². The van der Waals surface area contributed by atoms with Crippen molar-refractivity contribution in [3.63, 3.8) is 0 Å². The average molecular weight is 391 g/mol. The Morgan fingerprint density at radius 1 is 1.07 bits per heavy atom. The molecule has 1 amide bonds. The number of nitrogens with zero attached hydrogens (tertiary/aromatic N) is 1. The van der Waals surface area contributed by atoms with E-state index in [-0.39, 0.29) is 17.6 Å². The minimum atomic E-state index is -0.778. The fraction of sp³-hybridized carbons (Fsp3) is 0.417. The van der Waals surface area contributed by atoms with Crippen molar-refractivity contribution in [1.82, 2.24) is 4.90 Å². The smallest absolute Gasteiger partial charge is 0.410 e. The van der Waals surface area contributed by atoms with Crippen LogP contribution in [0.1, 0.15) is 43.7 Å². The number of carbonyl (C=O) groups is 2. The summed E-state index contributed by atoms with van der Waals surface area (Å²) in [5.74, 6) is -1.16. The van der Waals surface area contributed by atoms with Gasteiger partial charge in [-0.2, -0.15) is 0 Å². The summed E-state index contributed by atoms with van der Waals surface area (Å²) >= 11 is 0. The Bertz CT molecular complexity index is 968. The van der Waals surface area contributed by atoms with Gasteiger partial charge in [0.1, 0.15) is 6.61 Å². The van der Waals surface area contributed by atoms with E-state index in [9.17, 15) is 14.7 Å². The number of hydrogen-bond donors (Lipinski definition) is 1. The summed E-state index contributed by atoms with van der Waals surface area (Å²) in [7, 11) is 0. The Hall–Kier alpha value is -2.82. The molecule has 0 bridgehead atoms. The normalized spacial score (nSPS) is 26.3.